The summed E-state index contributed by atoms with van der Waals surface area (Å²) in [7, 11) is 0. The van der Waals surface area contributed by atoms with E-state index in [2.05, 4.69) is 53.2 Å². The fourth-order valence-electron chi connectivity index (χ4n) is 11.8. The summed E-state index contributed by atoms with van der Waals surface area (Å²) in [6.45, 7) is 1.96. The van der Waals surface area contributed by atoms with E-state index < -0.39 is 224 Å². The molecule has 18 N–H and O–H groups in total. The van der Waals surface area contributed by atoms with E-state index in [9.17, 15) is 112 Å². The number of carbonyl (C=O) groups is 17. The predicted octanol–water partition coefficient (Wildman–Crippen LogP) is -5.90. The molecule has 0 aromatic heterocycles. The Morgan fingerprint density at radius 1 is 0.524 bits per heavy atom. The van der Waals surface area contributed by atoms with Crippen LogP contribution in [0, 0.1) is 0 Å². The molecule has 14 amide bonds. The number of aromatic hydroxyl groups is 1. The van der Waals surface area contributed by atoms with Gasteiger partial charge in [0.25, 0.3) is 0 Å². The Hall–Kier alpha value is -10.5. The number of aliphatic hydroxyl groups is 2. The van der Waals surface area contributed by atoms with Crippen LogP contribution in [0.3, 0.4) is 0 Å². The number of phenolic OH excluding ortho intramolecular Hbond substituents is 1. The molecule has 0 spiro atoms. The van der Waals surface area contributed by atoms with Gasteiger partial charge in [-0.1, -0.05) is 42.5 Å². The normalized spacial score (nSPS) is 18.4. The number of aliphatic carboxylic acids is 3. The van der Waals surface area contributed by atoms with Crippen LogP contribution in [0.1, 0.15) is 103 Å². The minimum absolute atomic E-state index is 0.0191. The van der Waals surface area contributed by atoms with Crippen molar-refractivity contribution < 1.29 is 112 Å². The van der Waals surface area contributed by atoms with Gasteiger partial charge in [0.1, 0.15) is 78.3 Å². The van der Waals surface area contributed by atoms with Gasteiger partial charge in [-0.2, -0.15) is 11.8 Å². The van der Waals surface area contributed by atoms with Crippen LogP contribution in [-0.2, 0) is 94.3 Å². The SMILES string of the molecule is CSCC[C@H](NC(=O)CNC(=O)[C@@H](NC(=O)[C@H](Cc1ccccc1)NC(C)=O)[C@@H](C)O)C(=O)N1CCC[C@H]1C(=O)N1CCC[C@H]1C(=O)N[C@@H](C)C(=O)N[C@@H](CC(=O)O)C(=O)N[C@@H](CCC(=O)O)C(=O)N[C@@H](CC(=O)O)C(=O)N[C@@H](Cc1ccc(O)cc1)C(=O)N[C@@H](CO)C(=O)N1CCC[C@H]1C(N)=O. The van der Waals surface area contributed by atoms with Crippen LogP contribution in [0.2, 0.25) is 0 Å². The van der Waals surface area contributed by atoms with Crippen LogP contribution in [-0.4, -0.2) is 269 Å². The number of aliphatic hydroxyl groups excluding tert-OH is 2. The third kappa shape index (κ3) is 25.5. The van der Waals surface area contributed by atoms with E-state index >= 15 is 0 Å². The molecule has 5 rings (SSSR count). The van der Waals surface area contributed by atoms with Gasteiger partial charge in [0, 0.05) is 45.8 Å². The second-order valence-electron chi connectivity index (χ2n) is 25.0. The number of rotatable bonds is 39. The standard InChI is InChI=1S/C65H90N14O23S/c1-33(68-61(98)47-14-9-24-78(47)65(102)48-15-10-25-79(48)63(100)40(22-26-103-4)70-49(84)31-67-62(99)53(34(2)81)76-60(97)41(69-35(3)82)27-36-11-6-5-7-12-36)55(92)72-43(29-51(87)88)58(95)71-39(20-21-50(85)86)56(93)74-44(30-52(89)90)59(96)73-42(28-37-16-18-38(83)19-17-37)57(94)75-45(32-80)64(101)77-23-8-13-46(77)54(66)91/h5-7,11-12,16-19,33-34,39-48,53,80-81,83H,8-10,13-15,20-32H2,1-4H3,(H2,66,91)(H,67,99)(H,68,98)(H,69,82)(H,70,84)(H,71,95)(H,72,92)(H,73,96)(H,74,93)(H,75,94)(H,76,97)(H,85,86)(H,87,88)(H,89,90)/t33-,34+,39-,40-,41-,42-,43-,44-,45-,46-,47-,48-,53-/m0/s1. The van der Waals surface area contributed by atoms with Crippen molar-refractivity contribution in [1.29, 1.82) is 0 Å². The molecular formula is C65H90N14O23S. The number of amides is 14. The molecule has 103 heavy (non-hydrogen) atoms. The lowest BCUT2D eigenvalue weighted by Gasteiger charge is -2.33. The van der Waals surface area contributed by atoms with E-state index in [0.717, 1.165) is 11.8 Å². The molecule has 2 aromatic rings. The molecule has 0 bridgehead atoms. The van der Waals surface area contributed by atoms with Crippen molar-refractivity contribution in [2.45, 2.75) is 183 Å². The second kappa shape index (κ2) is 40.2. The van der Waals surface area contributed by atoms with Gasteiger partial charge in [0.15, 0.2) is 0 Å². The molecule has 3 aliphatic rings. The number of nitrogens with one attached hydrogen (secondary N) is 10. The minimum Gasteiger partial charge on any atom is -0.508 e. The highest BCUT2D eigenvalue weighted by atomic mass is 32.2. The summed E-state index contributed by atoms with van der Waals surface area (Å²) < 4.78 is 0. The first-order valence-corrected chi connectivity index (χ1v) is 34.6. The molecule has 0 saturated carbocycles. The lowest BCUT2D eigenvalue weighted by molar-refractivity contribution is -0.148. The van der Waals surface area contributed by atoms with E-state index in [-0.39, 0.29) is 69.5 Å². The zero-order valence-electron chi connectivity index (χ0n) is 57.1. The van der Waals surface area contributed by atoms with Crippen LogP contribution in [0.15, 0.2) is 54.6 Å². The summed E-state index contributed by atoms with van der Waals surface area (Å²) in [6, 6.07) is -4.90. The zero-order valence-corrected chi connectivity index (χ0v) is 57.9. The molecule has 3 fully saturated rings. The first-order chi connectivity index (χ1) is 48.7. The summed E-state index contributed by atoms with van der Waals surface area (Å²) in [5.74, 6) is -18.5. The lowest BCUT2D eigenvalue weighted by atomic mass is 10.0. The topological polar surface area (TPSA) is 568 Å². The maximum atomic E-state index is 14.5. The molecule has 0 radical (unpaired) electrons. The largest absolute Gasteiger partial charge is 0.508 e. The molecule has 3 saturated heterocycles. The molecule has 0 aliphatic carbocycles. The number of carboxylic acids is 3. The molecular weight excluding hydrogens is 1380 g/mol. The molecule has 0 unspecified atom stereocenters. The van der Waals surface area contributed by atoms with Crippen molar-refractivity contribution in [3.63, 3.8) is 0 Å². The molecule has 564 valence electrons. The minimum atomic E-state index is -2.14. The van der Waals surface area contributed by atoms with E-state index in [1.54, 1.807) is 36.6 Å². The van der Waals surface area contributed by atoms with Crippen LogP contribution in [0.25, 0.3) is 0 Å². The smallest absolute Gasteiger partial charge is 0.305 e. The average molecular weight is 1470 g/mol. The molecule has 38 heteroatoms. The fraction of sp³-hybridized carbons (Fsp3) is 0.554. The van der Waals surface area contributed by atoms with Gasteiger partial charge >= 0.3 is 17.9 Å². The quantitative estimate of drug-likeness (QED) is 0.0296. The van der Waals surface area contributed by atoms with E-state index in [4.69, 9.17) is 5.73 Å². The van der Waals surface area contributed by atoms with Crippen molar-refractivity contribution in [1.82, 2.24) is 67.9 Å². The van der Waals surface area contributed by atoms with Gasteiger partial charge in [-0.3, -0.25) is 81.5 Å². The van der Waals surface area contributed by atoms with Crippen LogP contribution >= 0.6 is 11.8 Å². The summed E-state index contributed by atoms with van der Waals surface area (Å²) in [5.41, 5.74) is 6.41. The van der Waals surface area contributed by atoms with Gasteiger partial charge in [-0.15, -0.1) is 0 Å². The number of phenols is 1. The second-order valence-corrected chi connectivity index (χ2v) is 26.0. The number of carbonyl (C=O) groups excluding carboxylic acids is 14. The Kier molecular flexibility index (Phi) is 32.5. The van der Waals surface area contributed by atoms with E-state index in [1.165, 1.54) is 59.7 Å². The van der Waals surface area contributed by atoms with Crippen LogP contribution in [0.5, 0.6) is 5.75 Å². The van der Waals surface area contributed by atoms with E-state index in [1.807, 2.05) is 0 Å². The molecule has 2 aromatic carbocycles. The van der Waals surface area contributed by atoms with Crippen LogP contribution < -0.4 is 58.9 Å². The Bertz CT molecular complexity index is 3440. The number of hydrogen-bond donors (Lipinski definition) is 17. The zero-order chi connectivity index (χ0) is 76.4. The number of hydrogen-bond acceptors (Lipinski definition) is 21. The first-order valence-electron chi connectivity index (χ1n) is 33.2. The van der Waals surface area contributed by atoms with Crippen molar-refractivity contribution >= 4 is 112 Å². The number of nitrogens with zero attached hydrogens (tertiary/aromatic N) is 3. The maximum Gasteiger partial charge on any atom is 0.305 e. The Balaban J connectivity index is 1.23. The molecule has 3 aliphatic heterocycles. The monoisotopic (exact) mass is 1470 g/mol. The number of benzene rings is 2. The van der Waals surface area contributed by atoms with Gasteiger partial charge in [0.05, 0.1) is 32.1 Å². The first kappa shape index (κ1) is 83.2. The Morgan fingerprint density at radius 2 is 1.00 bits per heavy atom. The highest BCUT2D eigenvalue weighted by Gasteiger charge is 2.45. The van der Waals surface area contributed by atoms with Crippen molar-refractivity contribution in [2.24, 2.45) is 5.73 Å². The number of nitrogens with two attached hydrogens (primary N) is 1. The summed E-state index contributed by atoms with van der Waals surface area (Å²) in [6.07, 6.45) is -2.80. The third-order valence-corrected chi connectivity index (χ3v) is 17.7. The van der Waals surface area contributed by atoms with Crippen molar-refractivity contribution in [2.75, 3.05) is 44.8 Å². The van der Waals surface area contributed by atoms with Gasteiger partial charge in [-0.25, -0.2) is 0 Å². The molecule has 37 nitrogen and oxygen atoms in total. The Morgan fingerprint density at radius 3 is 1.54 bits per heavy atom. The summed E-state index contributed by atoms with van der Waals surface area (Å²) in [4.78, 5) is 230. The third-order valence-electron chi connectivity index (χ3n) is 17.1. The number of likely N-dealkylation sites (tertiary alicyclic amines) is 3. The van der Waals surface area contributed by atoms with Gasteiger partial charge in [-0.05, 0) is 100 Å². The number of thioether (sulfide) groups is 1. The predicted molar refractivity (Wildman–Crippen MR) is 360 cm³/mol. The average Bonchev–Trinajstić information content (AvgIpc) is 1.69. The summed E-state index contributed by atoms with van der Waals surface area (Å²) in [5, 5.41) is 83.2. The number of carboxylic acid groups (broad SMARTS) is 3. The highest BCUT2D eigenvalue weighted by molar-refractivity contribution is 7.98. The fourth-order valence-corrected chi connectivity index (χ4v) is 12.3. The van der Waals surface area contributed by atoms with Crippen LogP contribution in [0.4, 0.5) is 0 Å². The van der Waals surface area contributed by atoms with Crippen molar-refractivity contribution in [3.05, 3.63) is 65.7 Å². The van der Waals surface area contributed by atoms with E-state index in [0.29, 0.717) is 24.2 Å². The lowest BCUT2D eigenvalue weighted by Crippen LogP contribution is -2.61. The Labute approximate surface area is 595 Å². The van der Waals surface area contributed by atoms with Gasteiger partial charge < -0.3 is 104 Å². The maximum absolute atomic E-state index is 14.5. The molecule has 13 atom stereocenters. The number of primary amides is 1. The summed E-state index contributed by atoms with van der Waals surface area (Å²) >= 11 is 1.34. The van der Waals surface area contributed by atoms with Gasteiger partial charge in [0.2, 0.25) is 82.7 Å². The van der Waals surface area contributed by atoms with Crippen molar-refractivity contribution in [3.8, 4) is 5.75 Å². The molecule has 3 heterocycles. The highest BCUT2D eigenvalue weighted by Crippen LogP contribution is 2.27.